The first-order valence-corrected chi connectivity index (χ1v) is 13.4. The summed E-state index contributed by atoms with van der Waals surface area (Å²) in [4.78, 5) is 1.71. The number of hydrogen-bond donors (Lipinski definition) is 2. The lowest BCUT2D eigenvalue weighted by molar-refractivity contribution is 0.129. The quantitative estimate of drug-likeness (QED) is 0.246. The molecule has 6 rings (SSSR count). The van der Waals surface area contributed by atoms with E-state index in [4.69, 9.17) is 0 Å². The van der Waals surface area contributed by atoms with Crippen LogP contribution in [-0.2, 0) is 11.2 Å². The van der Waals surface area contributed by atoms with Gasteiger partial charge in [0.2, 0.25) is 0 Å². The predicted octanol–water partition coefficient (Wildman–Crippen LogP) is 7.53. The predicted molar refractivity (Wildman–Crippen MR) is 150 cm³/mol. The van der Waals surface area contributed by atoms with Gasteiger partial charge in [0.15, 0.2) is 0 Å². The maximum atomic E-state index is 12.2. The van der Waals surface area contributed by atoms with Gasteiger partial charge in [-0.15, -0.1) is 22.7 Å². The third kappa shape index (κ3) is 3.71. The van der Waals surface area contributed by atoms with E-state index in [-0.39, 0.29) is 0 Å². The minimum atomic E-state index is -1.26. The average Bonchev–Trinajstić information content (AvgIpc) is 3.55. The van der Waals surface area contributed by atoms with E-state index in [2.05, 4.69) is 12.1 Å². The number of hydrogen-bond acceptors (Lipinski definition) is 4. The first kappa shape index (κ1) is 22.9. The largest absolute Gasteiger partial charge is 0.375 e. The summed E-state index contributed by atoms with van der Waals surface area (Å²) in [5.41, 5.74) is 0.791. The van der Waals surface area contributed by atoms with Gasteiger partial charge in [0.05, 0.1) is 0 Å². The molecule has 0 unspecified atom stereocenters. The lowest BCUT2D eigenvalue weighted by Gasteiger charge is -2.29. The summed E-state index contributed by atoms with van der Waals surface area (Å²) in [5, 5.41) is 24.4. The van der Waals surface area contributed by atoms with E-state index >= 15 is 0 Å². The molecule has 36 heavy (non-hydrogen) atoms. The standard InChI is InChI=1S/C32H24O2S2/c33-31(23-13-5-1-6-14-23,24-15-7-2-8-16-24)29-21-27-28(35-29)22-30(36-27)32(34,25-17-9-3-10-18-25)26-19-11-4-12-20-26/h1-22,33-34H. The van der Waals surface area contributed by atoms with Crippen molar-refractivity contribution in [2.45, 2.75) is 11.2 Å². The molecule has 2 aromatic heterocycles. The normalized spacial score (nSPS) is 12.2. The summed E-state index contributed by atoms with van der Waals surface area (Å²) in [6.45, 7) is 0. The molecule has 4 aromatic carbocycles. The Morgan fingerprint density at radius 2 is 0.639 bits per heavy atom. The fourth-order valence-electron chi connectivity index (χ4n) is 4.81. The number of thiophene rings is 2. The van der Waals surface area contributed by atoms with Crippen LogP contribution in [0.4, 0.5) is 0 Å². The molecule has 0 aliphatic rings. The monoisotopic (exact) mass is 504 g/mol. The highest BCUT2D eigenvalue weighted by molar-refractivity contribution is 7.28. The second-order valence-electron chi connectivity index (χ2n) is 8.83. The zero-order valence-electron chi connectivity index (χ0n) is 19.4. The smallest absolute Gasteiger partial charge is 0.149 e. The first-order valence-electron chi connectivity index (χ1n) is 11.8. The highest BCUT2D eigenvalue weighted by atomic mass is 32.1. The Morgan fingerprint density at radius 1 is 0.389 bits per heavy atom. The number of benzene rings is 4. The van der Waals surface area contributed by atoms with Crippen molar-refractivity contribution in [1.29, 1.82) is 0 Å². The molecule has 0 amide bonds. The molecule has 0 saturated heterocycles. The van der Waals surface area contributed by atoms with Crippen LogP contribution in [-0.4, -0.2) is 10.2 Å². The second-order valence-corrected chi connectivity index (χ2v) is 11.0. The minimum Gasteiger partial charge on any atom is -0.375 e. The van der Waals surface area contributed by atoms with E-state index in [9.17, 15) is 10.2 Å². The van der Waals surface area contributed by atoms with E-state index in [1.54, 1.807) is 22.7 Å². The van der Waals surface area contributed by atoms with Crippen molar-refractivity contribution in [3.05, 3.63) is 165 Å². The fourth-order valence-corrected chi connectivity index (χ4v) is 7.48. The lowest BCUT2D eigenvalue weighted by atomic mass is 9.85. The molecule has 0 spiro atoms. The molecule has 0 aliphatic heterocycles. The molecule has 176 valence electrons. The average molecular weight is 505 g/mol. The Balaban J connectivity index is 1.51. The van der Waals surface area contributed by atoms with E-state index in [0.29, 0.717) is 0 Å². The maximum absolute atomic E-state index is 12.2. The first-order chi connectivity index (χ1) is 17.6. The third-order valence-electron chi connectivity index (χ3n) is 6.69. The van der Waals surface area contributed by atoms with E-state index in [1.807, 2.05) is 121 Å². The molecule has 0 radical (unpaired) electrons. The van der Waals surface area contributed by atoms with Crippen LogP contribution in [0, 0.1) is 0 Å². The van der Waals surface area contributed by atoms with Gasteiger partial charge >= 0.3 is 0 Å². The summed E-state index contributed by atoms with van der Waals surface area (Å²) in [7, 11) is 0. The van der Waals surface area contributed by atoms with Crippen molar-refractivity contribution < 1.29 is 10.2 Å². The van der Waals surface area contributed by atoms with Gasteiger partial charge in [-0.3, -0.25) is 0 Å². The van der Waals surface area contributed by atoms with Crippen LogP contribution in [0.25, 0.3) is 9.40 Å². The molecule has 2 nitrogen and oxygen atoms in total. The van der Waals surface area contributed by atoms with Gasteiger partial charge in [0.1, 0.15) is 11.2 Å². The van der Waals surface area contributed by atoms with Crippen molar-refractivity contribution >= 4 is 32.1 Å². The Hall–Kier alpha value is -3.54. The van der Waals surface area contributed by atoms with Crippen LogP contribution in [0.5, 0.6) is 0 Å². The van der Waals surface area contributed by atoms with Crippen LogP contribution in [0.15, 0.2) is 133 Å². The summed E-state index contributed by atoms with van der Waals surface area (Å²) >= 11 is 3.14. The highest BCUT2D eigenvalue weighted by Crippen LogP contribution is 2.48. The van der Waals surface area contributed by atoms with Crippen LogP contribution in [0.3, 0.4) is 0 Å². The third-order valence-corrected chi connectivity index (χ3v) is 9.20. The van der Waals surface area contributed by atoms with Crippen LogP contribution in [0.2, 0.25) is 0 Å². The molecular weight excluding hydrogens is 480 g/mol. The van der Waals surface area contributed by atoms with E-state index in [0.717, 1.165) is 41.4 Å². The molecule has 6 aromatic rings. The number of aliphatic hydroxyl groups is 2. The molecule has 2 heterocycles. The number of rotatable bonds is 6. The van der Waals surface area contributed by atoms with Crippen LogP contribution in [0.1, 0.15) is 32.0 Å². The zero-order chi connectivity index (χ0) is 24.6. The summed E-state index contributed by atoms with van der Waals surface area (Å²) in [6, 6.07) is 43.4. The molecule has 0 atom stereocenters. The summed E-state index contributed by atoms with van der Waals surface area (Å²) in [6.07, 6.45) is 0. The molecular formula is C32H24O2S2. The van der Waals surface area contributed by atoms with Crippen LogP contribution < -0.4 is 0 Å². The molecule has 0 bridgehead atoms. The van der Waals surface area contributed by atoms with Gasteiger partial charge in [0.25, 0.3) is 0 Å². The molecule has 0 fully saturated rings. The highest BCUT2D eigenvalue weighted by Gasteiger charge is 2.38. The lowest BCUT2D eigenvalue weighted by Crippen LogP contribution is -2.28. The number of fused-ring (bicyclic) bond motifs is 1. The van der Waals surface area contributed by atoms with Crippen molar-refractivity contribution in [2.75, 3.05) is 0 Å². The van der Waals surface area contributed by atoms with Gasteiger partial charge in [-0.05, 0) is 34.4 Å². The van der Waals surface area contributed by atoms with Gasteiger partial charge < -0.3 is 10.2 Å². The van der Waals surface area contributed by atoms with Gasteiger partial charge in [-0.25, -0.2) is 0 Å². The van der Waals surface area contributed by atoms with Crippen molar-refractivity contribution in [1.82, 2.24) is 0 Å². The Bertz CT molecular complexity index is 1360. The van der Waals surface area contributed by atoms with Crippen molar-refractivity contribution in [3.8, 4) is 0 Å². The van der Waals surface area contributed by atoms with Crippen LogP contribution >= 0.6 is 22.7 Å². The fraction of sp³-hybridized carbons (Fsp3) is 0.0625. The minimum absolute atomic E-state index is 0.829. The summed E-state index contributed by atoms with van der Waals surface area (Å²) < 4.78 is 2.08. The van der Waals surface area contributed by atoms with Gasteiger partial charge in [0, 0.05) is 19.2 Å². The Kier molecular flexibility index (Phi) is 5.82. The molecule has 0 aliphatic carbocycles. The van der Waals surface area contributed by atoms with Crippen molar-refractivity contribution in [2.24, 2.45) is 0 Å². The van der Waals surface area contributed by atoms with Gasteiger partial charge in [-0.1, -0.05) is 121 Å². The summed E-state index contributed by atoms with van der Waals surface area (Å²) in [5.74, 6) is 0. The van der Waals surface area contributed by atoms with Crippen molar-refractivity contribution in [3.63, 3.8) is 0 Å². The zero-order valence-corrected chi connectivity index (χ0v) is 21.0. The molecule has 0 saturated carbocycles. The maximum Gasteiger partial charge on any atom is 0.149 e. The molecule has 4 heteroatoms. The topological polar surface area (TPSA) is 40.5 Å². The molecule has 2 N–H and O–H groups in total. The Labute approximate surface area is 218 Å². The SMILES string of the molecule is OC(c1ccccc1)(c1ccccc1)c1cc2sc(C(O)(c3ccccc3)c3ccccc3)cc2s1. The van der Waals surface area contributed by atoms with Gasteiger partial charge in [-0.2, -0.15) is 0 Å². The van der Waals surface area contributed by atoms with E-state index < -0.39 is 11.2 Å². The van der Waals surface area contributed by atoms with E-state index in [1.165, 1.54) is 0 Å². The Morgan fingerprint density at radius 3 is 0.889 bits per heavy atom. The second kappa shape index (κ2) is 9.16.